The Balaban J connectivity index is 1.68. The summed E-state index contributed by atoms with van der Waals surface area (Å²) in [5, 5.41) is 2.59. The minimum Gasteiger partial charge on any atom is -0.497 e. The molecule has 2 N–H and O–H groups in total. The molecule has 0 aliphatic rings. The molecule has 2 aromatic rings. The fourth-order valence-corrected chi connectivity index (χ4v) is 4.19. The van der Waals surface area contributed by atoms with Gasteiger partial charge in [-0.2, -0.15) is 0 Å². The number of sulfonamides is 1. The first-order valence-electron chi connectivity index (χ1n) is 7.50. The van der Waals surface area contributed by atoms with Gasteiger partial charge in [0.1, 0.15) is 22.3 Å². The van der Waals surface area contributed by atoms with Crippen molar-refractivity contribution in [2.24, 2.45) is 0 Å². The normalized spacial score (nSPS) is 11.1. The standard InChI is InChI=1S/C16H20N2O5S2/c1-12-3-8-16(24-12)25(20,21)18-11-15(19)17-9-10-23-14-6-4-13(22-2)5-7-14/h3-8,18H,9-11H2,1-2H3,(H,17,19). The van der Waals surface area contributed by atoms with Gasteiger partial charge in [0.05, 0.1) is 20.2 Å². The molecule has 0 atom stereocenters. The van der Waals surface area contributed by atoms with E-state index in [1.807, 2.05) is 6.92 Å². The molecule has 25 heavy (non-hydrogen) atoms. The summed E-state index contributed by atoms with van der Waals surface area (Å²) in [5.41, 5.74) is 0. The Bertz CT molecular complexity index is 800. The number of amides is 1. The van der Waals surface area contributed by atoms with E-state index in [0.717, 1.165) is 22.0 Å². The van der Waals surface area contributed by atoms with Crippen LogP contribution in [0.2, 0.25) is 0 Å². The van der Waals surface area contributed by atoms with Crippen LogP contribution in [0.5, 0.6) is 11.5 Å². The van der Waals surface area contributed by atoms with Gasteiger partial charge in [0.15, 0.2) is 0 Å². The van der Waals surface area contributed by atoms with E-state index < -0.39 is 15.9 Å². The van der Waals surface area contributed by atoms with Gasteiger partial charge in [-0.1, -0.05) is 0 Å². The molecule has 0 aliphatic carbocycles. The second-order valence-electron chi connectivity index (χ2n) is 5.06. The van der Waals surface area contributed by atoms with Crippen LogP contribution in [0.15, 0.2) is 40.6 Å². The van der Waals surface area contributed by atoms with Crippen LogP contribution in [0, 0.1) is 6.92 Å². The van der Waals surface area contributed by atoms with Crippen LogP contribution in [-0.2, 0) is 14.8 Å². The summed E-state index contributed by atoms with van der Waals surface area (Å²) >= 11 is 1.16. The molecule has 0 spiro atoms. The zero-order chi connectivity index (χ0) is 18.3. The topological polar surface area (TPSA) is 93.7 Å². The maximum absolute atomic E-state index is 12.0. The summed E-state index contributed by atoms with van der Waals surface area (Å²) in [6.45, 7) is 2.04. The Morgan fingerprint density at radius 2 is 1.80 bits per heavy atom. The van der Waals surface area contributed by atoms with Crippen LogP contribution >= 0.6 is 11.3 Å². The van der Waals surface area contributed by atoms with E-state index in [9.17, 15) is 13.2 Å². The first-order valence-corrected chi connectivity index (χ1v) is 9.80. The van der Waals surface area contributed by atoms with E-state index in [2.05, 4.69) is 10.0 Å². The number of hydrogen-bond acceptors (Lipinski definition) is 6. The van der Waals surface area contributed by atoms with Gasteiger partial charge in [0.25, 0.3) is 10.0 Å². The summed E-state index contributed by atoms with van der Waals surface area (Å²) in [5.74, 6) is 0.966. The zero-order valence-electron chi connectivity index (χ0n) is 13.9. The van der Waals surface area contributed by atoms with E-state index in [1.165, 1.54) is 6.07 Å². The molecule has 0 fully saturated rings. The van der Waals surface area contributed by atoms with Crippen molar-refractivity contribution in [3.8, 4) is 11.5 Å². The molecule has 0 aliphatic heterocycles. The number of rotatable bonds is 9. The van der Waals surface area contributed by atoms with Gasteiger partial charge >= 0.3 is 0 Å². The van der Waals surface area contributed by atoms with E-state index in [-0.39, 0.29) is 23.9 Å². The first kappa shape index (κ1) is 19.2. The number of ether oxygens (including phenoxy) is 2. The lowest BCUT2D eigenvalue weighted by atomic mass is 10.3. The van der Waals surface area contributed by atoms with Gasteiger partial charge < -0.3 is 14.8 Å². The van der Waals surface area contributed by atoms with Gasteiger partial charge in [-0.3, -0.25) is 4.79 Å². The van der Waals surface area contributed by atoms with Crippen LogP contribution in [0.25, 0.3) is 0 Å². The van der Waals surface area contributed by atoms with E-state index in [0.29, 0.717) is 5.75 Å². The lowest BCUT2D eigenvalue weighted by Crippen LogP contribution is -2.38. The third kappa shape index (κ3) is 6.04. The van der Waals surface area contributed by atoms with E-state index in [4.69, 9.17) is 9.47 Å². The minimum absolute atomic E-state index is 0.195. The molecular weight excluding hydrogens is 364 g/mol. The fourth-order valence-electron chi connectivity index (χ4n) is 1.88. The number of carbonyl (C=O) groups excluding carboxylic acids is 1. The smallest absolute Gasteiger partial charge is 0.250 e. The second-order valence-corrected chi connectivity index (χ2v) is 8.35. The number of carbonyl (C=O) groups is 1. The largest absolute Gasteiger partial charge is 0.497 e. The maximum Gasteiger partial charge on any atom is 0.250 e. The number of benzene rings is 1. The lowest BCUT2D eigenvalue weighted by Gasteiger charge is -2.09. The first-order chi connectivity index (χ1) is 11.9. The van der Waals surface area contributed by atoms with Crippen molar-refractivity contribution in [2.75, 3.05) is 26.8 Å². The molecule has 0 saturated carbocycles. The zero-order valence-corrected chi connectivity index (χ0v) is 15.6. The van der Waals surface area contributed by atoms with Crippen LogP contribution in [0.4, 0.5) is 0 Å². The molecular formula is C16H20N2O5S2. The molecule has 0 radical (unpaired) electrons. The second kappa shape index (κ2) is 8.84. The number of hydrogen-bond donors (Lipinski definition) is 2. The monoisotopic (exact) mass is 384 g/mol. The average molecular weight is 384 g/mol. The molecule has 7 nitrogen and oxygen atoms in total. The number of thiophene rings is 1. The summed E-state index contributed by atoms with van der Waals surface area (Å²) in [6.07, 6.45) is 0. The van der Waals surface area contributed by atoms with Crippen molar-refractivity contribution in [3.05, 3.63) is 41.3 Å². The van der Waals surface area contributed by atoms with Gasteiger partial charge in [-0.15, -0.1) is 11.3 Å². The van der Waals surface area contributed by atoms with Gasteiger partial charge in [-0.25, -0.2) is 13.1 Å². The maximum atomic E-state index is 12.0. The summed E-state index contributed by atoms with van der Waals surface area (Å²) in [7, 11) is -2.07. The Morgan fingerprint density at radius 3 is 2.40 bits per heavy atom. The summed E-state index contributed by atoms with van der Waals surface area (Å²) in [4.78, 5) is 12.6. The third-order valence-corrected chi connectivity index (χ3v) is 6.05. The van der Waals surface area contributed by atoms with Gasteiger partial charge in [-0.05, 0) is 43.3 Å². The Hall–Kier alpha value is -2.10. The molecule has 1 heterocycles. The number of methoxy groups -OCH3 is 1. The highest BCUT2D eigenvalue weighted by atomic mass is 32.2. The third-order valence-electron chi connectivity index (χ3n) is 3.16. The molecule has 2 rings (SSSR count). The molecule has 0 unspecified atom stereocenters. The van der Waals surface area contributed by atoms with Crippen LogP contribution in [0.1, 0.15) is 4.88 Å². The van der Waals surface area contributed by atoms with Crippen molar-refractivity contribution in [1.82, 2.24) is 10.0 Å². The molecule has 1 amide bonds. The fraction of sp³-hybridized carbons (Fsp3) is 0.312. The molecule has 1 aromatic heterocycles. The highest BCUT2D eigenvalue weighted by Crippen LogP contribution is 2.20. The Morgan fingerprint density at radius 1 is 1.12 bits per heavy atom. The van der Waals surface area contributed by atoms with Crippen molar-refractivity contribution in [2.45, 2.75) is 11.1 Å². The van der Waals surface area contributed by atoms with Crippen molar-refractivity contribution in [1.29, 1.82) is 0 Å². The quantitative estimate of drug-likeness (QED) is 0.640. The van der Waals surface area contributed by atoms with Gasteiger partial charge in [0, 0.05) is 4.88 Å². The molecule has 0 saturated heterocycles. The lowest BCUT2D eigenvalue weighted by molar-refractivity contribution is -0.120. The molecule has 0 bridgehead atoms. The predicted molar refractivity (Wildman–Crippen MR) is 95.7 cm³/mol. The Kier molecular flexibility index (Phi) is 6.80. The summed E-state index contributed by atoms with van der Waals surface area (Å²) in [6, 6.07) is 10.3. The molecule has 9 heteroatoms. The minimum atomic E-state index is -3.65. The van der Waals surface area contributed by atoms with Crippen LogP contribution in [0.3, 0.4) is 0 Å². The number of nitrogens with one attached hydrogen (secondary N) is 2. The molecule has 1 aromatic carbocycles. The van der Waals surface area contributed by atoms with E-state index >= 15 is 0 Å². The van der Waals surface area contributed by atoms with Crippen LogP contribution < -0.4 is 19.5 Å². The Labute approximate surface area is 151 Å². The number of aryl methyl sites for hydroxylation is 1. The summed E-state index contributed by atoms with van der Waals surface area (Å²) < 4.78 is 37.0. The van der Waals surface area contributed by atoms with E-state index in [1.54, 1.807) is 37.4 Å². The van der Waals surface area contributed by atoms with Crippen molar-refractivity contribution >= 4 is 27.3 Å². The highest BCUT2D eigenvalue weighted by Gasteiger charge is 2.17. The molecule has 136 valence electrons. The SMILES string of the molecule is COc1ccc(OCCNC(=O)CNS(=O)(=O)c2ccc(C)s2)cc1. The van der Waals surface area contributed by atoms with Crippen molar-refractivity contribution < 1.29 is 22.7 Å². The van der Waals surface area contributed by atoms with Gasteiger partial charge in [0.2, 0.25) is 5.91 Å². The average Bonchev–Trinajstić information content (AvgIpc) is 3.05. The van der Waals surface area contributed by atoms with Crippen LogP contribution in [-0.4, -0.2) is 41.1 Å². The van der Waals surface area contributed by atoms with Crippen molar-refractivity contribution in [3.63, 3.8) is 0 Å². The highest BCUT2D eigenvalue weighted by molar-refractivity contribution is 7.91. The predicted octanol–water partition coefficient (Wildman–Crippen LogP) is 1.54.